The van der Waals surface area contributed by atoms with Gasteiger partial charge in [0.25, 0.3) is 5.91 Å². The monoisotopic (exact) mass is 256 g/mol. The van der Waals surface area contributed by atoms with Crippen molar-refractivity contribution < 1.29 is 19.0 Å². The smallest absolute Gasteiger partial charge is 0.252 e. The van der Waals surface area contributed by atoms with Gasteiger partial charge in [-0.15, -0.1) is 0 Å². The highest BCUT2D eigenvalue weighted by Gasteiger charge is 2.18. The van der Waals surface area contributed by atoms with Gasteiger partial charge >= 0.3 is 0 Å². The molecule has 0 aliphatic heterocycles. The molecule has 0 fully saturated rings. The Morgan fingerprint density at radius 3 is 2.78 bits per heavy atom. The molecule has 18 heavy (non-hydrogen) atoms. The van der Waals surface area contributed by atoms with Gasteiger partial charge in [-0.1, -0.05) is 6.07 Å². The third kappa shape index (κ3) is 3.41. The number of hydrogen-bond acceptors (Lipinski definition) is 4. The maximum Gasteiger partial charge on any atom is 0.252 e. The van der Waals surface area contributed by atoms with Gasteiger partial charge in [-0.2, -0.15) is 0 Å². The summed E-state index contributed by atoms with van der Waals surface area (Å²) in [4.78, 5) is 12.9. The zero-order chi connectivity index (χ0) is 13.7. The van der Waals surface area contributed by atoms with Gasteiger partial charge in [0.05, 0.1) is 7.11 Å². The van der Waals surface area contributed by atoms with Crippen LogP contribution < -0.4 is 10.5 Å². The molecule has 1 aromatic carbocycles. The van der Waals surface area contributed by atoms with Crippen LogP contribution in [0.15, 0.2) is 18.2 Å². The fraction of sp³-hybridized carbons (Fsp3) is 0.417. The van der Waals surface area contributed by atoms with Crippen molar-refractivity contribution in [2.24, 2.45) is 5.73 Å². The van der Waals surface area contributed by atoms with Crippen molar-refractivity contribution in [1.82, 2.24) is 4.90 Å². The highest BCUT2D eigenvalue weighted by Crippen LogP contribution is 2.18. The largest absolute Gasteiger partial charge is 0.494 e. The molecule has 100 valence electrons. The minimum Gasteiger partial charge on any atom is -0.494 e. The normalized spacial score (nSPS) is 12.1. The van der Waals surface area contributed by atoms with Crippen LogP contribution in [0.2, 0.25) is 0 Å². The lowest BCUT2D eigenvalue weighted by Crippen LogP contribution is -2.40. The van der Waals surface area contributed by atoms with Crippen molar-refractivity contribution in [2.45, 2.75) is 12.6 Å². The molecule has 3 N–H and O–H groups in total. The lowest BCUT2D eigenvalue weighted by Gasteiger charge is -2.20. The van der Waals surface area contributed by atoms with Crippen LogP contribution in [0.25, 0.3) is 0 Å². The number of aliphatic hydroxyl groups excluding tert-OH is 1. The number of rotatable bonds is 5. The van der Waals surface area contributed by atoms with E-state index in [4.69, 9.17) is 10.5 Å². The second kappa shape index (κ2) is 6.32. The van der Waals surface area contributed by atoms with E-state index < -0.39 is 17.8 Å². The number of halogens is 1. The second-order valence-corrected chi connectivity index (χ2v) is 3.91. The molecule has 5 nitrogen and oxygen atoms in total. The topological polar surface area (TPSA) is 75.8 Å². The molecule has 0 aromatic heterocycles. The van der Waals surface area contributed by atoms with Gasteiger partial charge in [0.15, 0.2) is 11.6 Å². The lowest BCUT2D eigenvalue weighted by molar-refractivity contribution is -0.138. The predicted octanol–water partition coefficient (Wildman–Crippen LogP) is 0.112. The summed E-state index contributed by atoms with van der Waals surface area (Å²) in [6.45, 7) is 0.0525. The number of likely N-dealkylation sites (N-methyl/N-ethyl adjacent to an activating group) is 1. The van der Waals surface area contributed by atoms with Gasteiger partial charge < -0.3 is 20.5 Å². The molecule has 0 saturated heterocycles. The van der Waals surface area contributed by atoms with Crippen molar-refractivity contribution >= 4 is 5.91 Å². The Labute approximate surface area is 105 Å². The summed E-state index contributed by atoms with van der Waals surface area (Å²) in [6, 6.07) is 4.43. The van der Waals surface area contributed by atoms with E-state index in [2.05, 4.69) is 0 Å². The Kier molecular flexibility index (Phi) is 5.06. The molecule has 6 heteroatoms. The summed E-state index contributed by atoms with van der Waals surface area (Å²) in [5, 5.41) is 9.30. The van der Waals surface area contributed by atoms with Crippen LogP contribution in [0, 0.1) is 5.82 Å². The molecular formula is C12H17FN2O3. The number of carbonyl (C=O) groups is 1. The van der Waals surface area contributed by atoms with Crippen molar-refractivity contribution in [3.05, 3.63) is 29.6 Å². The van der Waals surface area contributed by atoms with Crippen LogP contribution in [0.5, 0.6) is 5.75 Å². The zero-order valence-electron chi connectivity index (χ0n) is 10.4. The van der Waals surface area contributed by atoms with Crippen molar-refractivity contribution in [3.63, 3.8) is 0 Å². The SMILES string of the molecule is COc1ccc(CN(C)C(=O)C(O)CN)cc1F. The summed E-state index contributed by atoms with van der Waals surface area (Å²) in [7, 11) is 2.90. The Balaban J connectivity index is 2.73. The molecule has 0 aliphatic carbocycles. The van der Waals surface area contributed by atoms with E-state index in [1.807, 2.05) is 0 Å². The minimum atomic E-state index is -1.22. The molecular weight excluding hydrogens is 239 g/mol. The number of hydrogen-bond donors (Lipinski definition) is 2. The molecule has 0 spiro atoms. The number of benzene rings is 1. The van der Waals surface area contributed by atoms with E-state index >= 15 is 0 Å². The van der Waals surface area contributed by atoms with Crippen molar-refractivity contribution in [2.75, 3.05) is 20.7 Å². The molecule has 1 rings (SSSR count). The van der Waals surface area contributed by atoms with Crippen LogP contribution in [0.1, 0.15) is 5.56 Å². The zero-order valence-corrected chi connectivity index (χ0v) is 10.4. The first kappa shape index (κ1) is 14.4. The van der Waals surface area contributed by atoms with Crippen LogP contribution >= 0.6 is 0 Å². The maximum atomic E-state index is 13.4. The van der Waals surface area contributed by atoms with Crippen LogP contribution in [0.4, 0.5) is 4.39 Å². The molecule has 0 heterocycles. The van der Waals surface area contributed by atoms with E-state index in [0.29, 0.717) is 5.56 Å². The summed E-state index contributed by atoms with van der Waals surface area (Å²) >= 11 is 0. The summed E-state index contributed by atoms with van der Waals surface area (Å²) in [5.41, 5.74) is 5.80. The van der Waals surface area contributed by atoms with Crippen LogP contribution in [0.3, 0.4) is 0 Å². The molecule has 1 amide bonds. The number of amides is 1. The van der Waals surface area contributed by atoms with Crippen molar-refractivity contribution in [3.8, 4) is 5.75 Å². The fourth-order valence-corrected chi connectivity index (χ4v) is 1.52. The van der Waals surface area contributed by atoms with Crippen LogP contribution in [-0.2, 0) is 11.3 Å². The van der Waals surface area contributed by atoms with E-state index in [1.165, 1.54) is 31.2 Å². The first-order valence-corrected chi connectivity index (χ1v) is 5.45. The number of nitrogens with zero attached hydrogens (tertiary/aromatic N) is 1. The van der Waals surface area contributed by atoms with E-state index in [1.54, 1.807) is 6.07 Å². The molecule has 0 bridgehead atoms. The number of methoxy groups -OCH3 is 1. The Bertz CT molecular complexity index is 426. The average molecular weight is 256 g/mol. The maximum absolute atomic E-state index is 13.4. The standard InChI is InChI=1S/C12H17FN2O3/c1-15(12(17)10(16)6-14)7-8-3-4-11(18-2)9(13)5-8/h3-5,10,16H,6-7,14H2,1-2H3. The van der Waals surface area contributed by atoms with E-state index in [0.717, 1.165) is 0 Å². The van der Waals surface area contributed by atoms with Crippen LogP contribution in [-0.4, -0.2) is 42.7 Å². The third-order valence-corrected chi connectivity index (χ3v) is 2.52. The van der Waals surface area contributed by atoms with Gasteiger partial charge in [0, 0.05) is 20.1 Å². The van der Waals surface area contributed by atoms with Gasteiger partial charge in [-0.3, -0.25) is 4.79 Å². The molecule has 0 radical (unpaired) electrons. The number of ether oxygens (including phenoxy) is 1. The van der Waals surface area contributed by atoms with Gasteiger partial charge in [-0.05, 0) is 17.7 Å². The highest BCUT2D eigenvalue weighted by atomic mass is 19.1. The van der Waals surface area contributed by atoms with Gasteiger partial charge in [0.1, 0.15) is 6.10 Å². The number of aliphatic hydroxyl groups is 1. The molecule has 0 aliphatic rings. The summed E-state index contributed by atoms with van der Waals surface area (Å²) in [6.07, 6.45) is -1.22. The Morgan fingerprint density at radius 2 is 2.28 bits per heavy atom. The summed E-state index contributed by atoms with van der Waals surface area (Å²) in [5.74, 6) is -0.835. The molecule has 0 saturated carbocycles. The average Bonchev–Trinajstić information content (AvgIpc) is 2.37. The van der Waals surface area contributed by atoms with E-state index in [9.17, 15) is 14.3 Å². The number of nitrogens with two attached hydrogens (primary N) is 1. The molecule has 1 aromatic rings. The summed E-state index contributed by atoms with van der Waals surface area (Å²) < 4.78 is 18.2. The fourth-order valence-electron chi connectivity index (χ4n) is 1.52. The van der Waals surface area contributed by atoms with Gasteiger partial charge in [-0.25, -0.2) is 4.39 Å². The van der Waals surface area contributed by atoms with Gasteiger partial charge in [0.2, 0.25) is 0 Å². The van der Waals surface area contributed by atoms with E-state index in [-0.39, 0.29) is 18.8 Å². The molecule has 1 unspecified atom stereocenters. The third-order valence-electron chi connectivity index (χ3n) is 2.52. The Morgan fingerprint density at radius 1 is 1.61 bits per heavy atom. The van der Waals surface area contributed by atoms with Crippen molar-refractivity contribution in [1.29, 1.82) is 0 Å². The quantitative estimate of drug-likeness (QED) is 0.784. The predicted molar refractivity (Wildman–Crippen MR) is 64.5 cm³/mol. The molecule has 1 atom stereocenters. The second-order valence-electron chi connectivity index (χ2n) is 3.91. The minimum absolute atomic E-state index is 0.139. The lowest BCUT2D eigenvalue weighted by atomic mass is 10.2. The number of carbonyl (C=O) groups excluding carboxylic acids is 1. The first-order chi connectivity index (χ1) is 8.49. The Hall–Kier alpha value is -1.66. The first-order valence-electron chi connectivity index (χ1n) is 5.45. The highest BCUT2D eigenvalue weighted by molar-refractivity contribution is 5.80.